The lowest BCUT2D eigenvalue weighted by Crippen LogP contribution is -2.30. The predicted molar refractivity (Wildman–Crippen MR) is 108 cm³/mol. The van der Waals surface area contributed by atoms with Crippen molar-refractivity contribution >= 4 is 54.7 Å². The first kappa shape index (κ1) is 17.2. The van der Waals surface area contributed by atoms with E-state index >= 15 is 0 Å². The van der Waals surface area contributed by atoms with Crippen molar-refractivity contribution in [2.45, 2.75) is 38.1 Å². The van der Waals surface area contributed by atoms with Gasteiger partial charge in [-0.25, -0.2) is 4.98 Å². The average Bonchev–Trinajstić information content (AvgIpc) is 3.33. The van der Waals surface area contributed by atoms with E-state index in [0.29, 0.717) is 6.42 Å². The van der Waals surface area contributed by atoms with Crippen LogP contribution in [0.3, 0.4) is 0 Å². The third-order valence-electron chi connectivity index (χ3n) is 4.61. The Bertz CT molecular complexity index is 855. The number of thiazole rings is 1. The molecule has 1 saturated heterocycles. The standard InChI is InChI=1S/C19H19BrN2OS2/c20-17-11-10-13(24-17)5-3-9-18(23)22-12-4-7-15(22)19-21-14-6-1-2-8-16(14)25-19/h1-2,6,8,10-11,15H,3-5,7,9,12H2/t15-/m1/s1. The molecule has 1 fully saturated rings. The number of amides is 1. The Morgan fingerprint density at radius 3 is 2.92 bits per heavy atom. The Morgan fingerprint density at radius 2 is 2.12 bits per heavy atom. The van der Waals surface area contributed by atoms with Crippen LogP contribution in [0, 0.1) is 0 Å². The van der Waals surface area contributed by atoms with E-state index in [1.54, 1.807) is 22.7 Å². The van der Waals surface area contributed by atoms with Gasteiger partial charge in [-0.15, -0.1) is 22.7 Å². The van der Waals surface area contributed by atoms with Gasteiger partial charge >= 0.3 is 0 Å². The Balaban J connectivity index is 1.40. The molecule has 1 amide bonds. The molecule has 3 heterocycles. The number of hydrogen-bond acceptors (Lipinski definition) is 4. The van der Waals surface area contributed by atoms with Gasteiger partial charge < -0.3 is 4.90 Å². The summed E-state index contributed by atoms with van der Waals surface area (Å²) in [6.45, 7) is 0.865. The largest absolute Gasteiger partial charge is 0.333 e. The quantitative estimate of drug-likeness (QED) is 0.507. The highest BCUT2D eigenvalue weighted by atomic mass is 79.9. The zero-order valence-corrected chi connectivity index (χ0v) is 17.0. The molecule has 1 aromatic carbocycles. The summed E-state index contributed by atoms with van der Waals surface area (Å²) in [6.07, 6.45) is 4.61. The number of nitrogens with zero attached hydrogens (tertiary/aromatic N) is 2. The van der Waals surface area contributed by atoms with Crippen molar-refractivity contribution in [2.75, 3.05) is 6.54 Å². The first-order chi connectivity index (χ1) is 12.2. The van der Waals surface area contributed by atoms with Gasteiger partial charge in [0, 0.05) is 17.8 Å². The number of thiophene rings is 1. The van der Waals surface area contributed by atoms with E-state index < -0.39 is 0 Å². The molecular weight excluding hydrogens is 416 g/mol. The molecular formula is C19H19BrN2OS2. The number of rotatable bonds is 5. The maximum atomic E-state index is 12.7. The summed E-state index contributed by atoms with van der Waals surface area (Å²) < 4.78 is 2.37. The molecule has 0 bridgehead atoms. The molecule has 25 heavy (non-hydrogen) atoms. The first-order valence-corrected chi connectivity index (χ1v) is 11.0. The van der Waals surface area contributed by atoms with Gasteiger partial charge in [-0.3, -0.25) is 4.79 Å². The van der Waals surface area contributed by atoms with E-state index in [9.17, 15) is 4.79 Å². The SMILES string of the molecule is O=C(CCCc1ccc(Br)s1)N1CCC[C@@H]1c1nc2ccccc2s1. The van der Waals surface area contributed by atoms with E-state index in [1.165, 1.54) is 9.58 Å². The molecule has 6 heteroatoms. The van der Waals surface area contributed by atoms with Gasteiger partial charge in [0.25, 0.3) is 0 Å². The monoisotopic (exact) mass is 434 g/mol. The van der Waals surface area contributed by atoms with Crippen LogP contribution in [0.15, 0.2) is 40.2 Å². The van der Waals surface area contributed by atoms with Gasteiger partial charge in [0.1, 0.15) is 5.01 Å². The van der Waals surface area contributed by atoms with Crippen LogP contribution in [0.2, 0.25) is 0 Å². The van der Waals surface area contributed by atoms with Crippen molar-refractivity contribution in [1.82, 2.24) is 9.88 Å². The molecule has 3 aromatic rings. The van der Waals surface area contributed by atoms with Crippen molar-refractivity contribution in [3.8, 4) is 0 Å². The summed E-state index contributed by atoms with van der Waals surface area (Å²) in [5, 5.41) is 1.09. The number of aryl methyl sites for hydroxylation is 1. The molecule has 1 atom stereocenters. The zero-order chi connectivity index (χ0) is 17.2. The highest BCUT2D eigenvalue weighted by Crippen LogP contribution is 2.37. The number of para-hydroxylation sites is 1. The summed E-state index contributed by atoms with van der Waals surface area (Å²) in [5.74, 6) is 0.275. The van der Waals surface area contributed by atoms with E-state index in [2.05, 4.69) is 45.1 Å². The third kappa shape index (κ3) is 3.81. The minimum Gasteiger partial charge on any atom is -0.333 e. The topological polar surface area (TPSA) is 33.2 Å². The van der Waals surface area contributed by atoms with Crippen LogP contribution >= 0.6 is 38.6 Å². The van der Waals surface area contributed by atoms with Gasteiger partial charge in [0.15, 0.2) is 0 Å². The average molecular weight is 435 g/mol. The number of hydrogen-bond donors (Lipinski definition) is 0. The Hall–Kier alpha value is -1.24. The smallest absolute Gasteiger partial charge is 0.223 e. The van der Waals surface area contributed by atoms with Crippen molar-refractivity contribution in [2.24, 2.45) is 0 Å². The summed E-state index contributed by atoms with van der Waals surface area (Å²) in [4.78, 5) is 20.9. The zero-order valence-electron chi connectivity index (χ0n) is 13.8. The van der Waals surface area contributed by atoms with Crippen molar-refractivity contribution in [3.05, 3.63) is 50.1 Å². The van der Waals surface area contributed by atoms with Gasteiger partial charge in [-0.1, -0.05) is 12.1 Å². The predicted octanol–water partition coefficient (Wildman–Crippen LogP) is 5.81. The number of halogens is 1. The molecule has 130 valence electrons. The Morgan fingerprint density at radius 1 is 1.24 bits per heavy atom. The highest BCUT2D eigenvalue weighted by Gasteiger charge is 2.31. The van der Waals surface area contributed by atoms with Crippen LogP contribution < -0.4 is 0 Å². The van der Waals surface area contributed by atoms with E-state index in [0.717, 1.165) is 46.5 Å². The van der Waals surface area contributed by atoms with Gasteiger partial charge in [0.2, 0.25) is 5.91 Å². The number of benzene rings is 1. The van der Waals surface area contributed by atoms with Crippen LogP contribution in [-0.4, -0.2) is 22.3 Å². The molecule has 0 N–H and O–H groups in total. The molecule has 1 aliphatic heterocycles. The number of carbonyl (C=O) groups is 1. The van der Waals surface area contributed by atoms with Crippen molar-refractivity contribution < 1.29 is 4.79 Å². The highest BCUT2D eigenvalue weighted by molar-refractivity contribution is 9.11. The number of aromatic nitrogens is 1. The molecule has 0 radical (unpaired) electrons. The second-order valence-electron chi connectivity index (χ2n) is 6.32. The van der Waals surface area contributed by atoms with Gasteiger partial charge in [-0.2, -0.15) is 0 Å². The fraction of sp³-hybridized carbons (Fsp3) is 0.368. The molecule has 2 aromatic heterocycles. The van der Waals surface area contributed by atoms with Crippen LogP contribution in [0.1, 0.15) is 41.6 Å². The fourth-order valence-corrected chi connectivity index (χ4v) is 6.04. The van der Waals surface area contributed by atoms with Gasteiger partial charge in [-0.05, 0) is 65.9 Å². The second-order valence-corrected chi connectivity index (χ2v) is 9.93. The van der Waals surface area contributed by atoms with E-state index in [4.69, 9.17) is 4.98 Å². The van der Waals surface area contributed by atoms with Crippen molar-refractivity contribution in [1.29, 1.82) is 0 Å². The van der Waals surface area contributed by atoms with E-state index in [1.807, 2.05) is 12.1 Å². The molecule has 0 spiro atoms. The summed E-state index contributed by atoms with van der Waals surface area (Å²) >= 11 is 6.98. The summed E-state index contributed by atoms with van der Waals surface area (Å²) in [5.41, 5.74) is 1.05. The second kappa shape index (κ2) is 7.56. The maximum absolute atomic E-state index is 12.7. The summed E-state index contributed by atoms with van der Waals surface area (Å²) in [6, 6.07) is 12.6. The van der Waals surface area contributed by atoms with Gasteiger partial charge in [0.05, 0.1) is 20.0 Å². The lowest BCUT2D eigenvalue weighted by Gasteiger charge is -2.23. The molecule has 0 unspecified atom stereocenters. The van der Waals surface area contributed by atoms with Crippen LogP contribution in [0.25, 0.3) is 10.2 Å². The molecule has 1 aliphatic rings. The molecule has 0 aliphatic carbocycles. The molecule has 0 saturated carbocycles. The number of fused-ring (bicyclic) bond motifs is 1. The lowest BCUT2D eigenvalue weighted by molar-refractivity contribution is -0.132. The fourth-order valence-electron chi connectivity index (χ4n) is 3.40. The molecule has 4 rings (SSSR count). The molecule has 3 nitrogen and oxygen atoms in total. The first-order valence-electron chi connectivity index (χ1n) is 8.60. The van der Waals surface area contributed by atoms with Crippen molar-refractivity contribution in [3.63, 3.8) is 0 Å². The normalized spacial score (nSPS) is 17.5. The Kier molecular flexibility index (Phi) is 5.20. The summed E-state index contributed by atoms with van der Waals surface area (Å²) in [7, 11) is 0. The number of likely N-dealkylation sites (tertiary alicyclic amines) is 1. The van der Waals surface area contributed by atoms with E-state index in [-0.39, 0.29) is 11.9 Å². The van der Waals surface area contributed by atoms with Crippen LogP contribution in [-0.2, 0) is 11.2 Å². The van der Waals surface area contributed by atoms with Crippen LogP contribution in [0.4, 0.5) is 0 Å². The maximum Gasteiger partial charge on any atom is 0.223 e. The lowest BCUT2D eigenvalue weighted by atomic mass is 10.2. The minimum atomic E-state index is 0.167. The minimum absolute atomic E-state index is 0.167. The van der Waals surface area contributed by atoms with Crippen LogP contribution in [0.5, 0.6) is 0 Å². The Labute approximate surface area is 163 Å². The number of carbonyl (C=O) groups excluding carboxylic acids is 1. The third-order valence-corrected chi connectivity index (χ3v) is 7.43.